The van der Waals surface area contributed by atoms with Crippen LogP contribution in [0.25, 0.3) is 21.9 Å². The molecule has 4 aromatic rings. The highest BCUT2D eigenvalue weighted by atomic mass is 16.4. The van der Waals surface area contributed by atoms with Gasteiger partial charge in [-0.15, -0.1) is 0 Å². The van der Waals surface area contributed by atoms with Gasteiger partial charge in [0, 0.05) is 11.4 Å². The molecule has 1 fully saturated rings. The number of amides is 1. The minimum absolute atomic E-state index is 0.0311. The van der Waals surface area contributed by atoms with Crippen molar-refractivity contribution < 1.29 is 13.6 Å². The molecule has 1 aliphatic rings. The number of benzene rings is 1. The third kappa shape index (κ3) is 3.96. The summed E-state index contributed by atoms with van der Waals surface area (Å²) < 4.78 is 12.7. The Hall–Kier alpha value is -3.35. The number of furan rings is 1. The molecular formula is C26H29N3O4. The maximum absolute atomic E-state index is 13.7. The molecule has 3 aromatic heterocycles. The molecular weight excluding hydrogens is 418 g/mol. The molecule has 0 bridgehead atoms. The molecule has 3 unspecified atom stereocenters. The van der Waals surface area contributed by atoms with Crippen LogP contribution >= 0.6 is 0 Å². The molecule has 0 aliphatic heterocycles. The van der Waals surface area contributed by atoms with Gasteiger partial charge in [0.2, 0.25) is 5.91 Å². The fourth-order valence-corrected chi connectivity index (χ4v) is 5.18. The summed E-state index contributed by atoms with van der Waals surface area (Å²) in [7, 11) is 0. The summed E-state index contributed by atoms with van der Waals surface area (Å²) in [6.45, 7) is 6.96. The van der Waals surface area contributed by atoms with Gasteiger partial charge in [0.15, 0.2) is 0 Å². The zero-order valence-electron chi connectivity index (χ0n) is 19.3. The largest absolute Gasteiger partial charge is 0.467 e. The molecule has 1 aliphatic carbocycles. The predicted molar refractivity (Wildman–Crippen MR) is 126 cm³/mol. The maximum Gasteiger partial charge on any atom is 0.347 e. The van der Waals surface area contributed by atoms with Crippen LogP contribution in [0.4, 0.5) is 0 Å². The lowest BCUT2D eigenvalue weighted by Crippen LogP contribution is -2.48. The summed E-state index contributed by atoms with van der Waals surface area (Å²) >= 11 is 0. The zero-order chi connectivity index (χ0) is 23.1. The topological polar surface area (TPSA) is 81.5 Å². The van der Waals surface area contributed by atoms with Gasteiger partial charge in [0.1, 0.15) is 23.3 Å². The number of hydrogen-bond acceptors (Lipinski definition) is 5. The second-order valence-electron chi connectivity index (χ2n) is 9.39. The molecule has 3 atom stereocenters. The highest BCUT2D eigenvalue weighted by molar-refractivity contribution is 6.02. The van der Waals surface area contributed by atoms with Gasteiger partial charge >= 0.3 is 5.63 Å². The molecule has 3 heterocycles. The Morgan fingerprint density at radius 2 is 2.06 bits per heavy atom. The molecule has 0 saturated heterocycles. The van der Waals surface area contributed by atoms with E-state index in [1.165, 1.54) is 12.6 Å². The summed E-state index contributed by atoms with van der Waals surface area (Å²) in [5, 5.41) is 5.59. The van der Waals surface area contributed by atoms with Gasteiger partial charge in [0.05, 0.1) is 24.5 Å². The number of nitrogens with zero attached hydrogens (tertiary/aromatic N) is 3. The Kier molecular flexibility index (Phi) is 5.56. The van der Waals surface area contributed by atoms with Crippen molar-refractivity contribution in [2.45, 2.75) is 59.2 Å². The van der Waals surface area contributed by atoms with E-state index in [0.717, 1.165) is 29.6 Å². The van der Waals surface area contributed by atoms with Crippen LogP contribution in [0, 0.1) is 18.8 Å². The first kappa shape index (κ1) is 21.5. The van der Waals surface area contributed by atoms with Crippen LogP contribution in [0.15, 0.2) is 56.4 Å². The lowest BCUT2D eigenvalue weighted by Gasteiger charge is -2.41. The number of carbonyl (C=O) groups is 1. The van der Waals surface area contributed by atoms with E-state index in [2.05, 4.69) is 18.9 Å². The van der Waals surface area contributed by atoms with Gasteiger partial charge in [-0.25, -0.2) is 4.79 Å². The van der Waals surface area contributed by atoms with Crippen molar-refractivity contribution in [3.8, 4) is 0 Å². The lowest BCUT2D eigenvalue weighted by molar-refractivity contribution is -0.138. The lowest BCUT2D eigenvalue weighted by atomic mass is 9.77. The van der Waals surface area contributed by atoms with Gasteiger partial charge in [-0.2, -0.15) is 5.10 Å². The Morgan fingerprint density at radius 3 is 2.85 bits per heavy atom. The minimum atomic E-state index is -0.442. The smallest absolute Gasteiger partial charge is 0.347 e. The summed E-state index contributed by atoms with van der Waals surface area (Å²) in [5.74, 6) is 1.68. The van der Waals surface area contributed by atoms with Crippen LogP contribution in [-0.4, -0.2) is 26.6 Å². The molecule has 0 radical (unpaired) electrons. The number of aryl methyl sites for hydroxylation is 1. The van der Waals surface area contributed by atoms with Crippen molar-refractivity contribution in [3.05, 3.63) is 64.5 Å². The highest BCUT2D eigenvalue weighted by Crippen LogP contribution is 2.34. The fourth-order valence-electron chi connectivity index (χ4n) is 5.18. The molecule has 172 valence electrons. The van der Waals surface area contributed by atoms with Crippen molar-refractivity contribution in [1.82, 2.24) is 14.7 Å². The number of fused-ring (bicyclic) bond motifs is 3. The first-order valence-electron chi connectivity index (χ1n) is 11.6. The summed E-state index contributed by atoms with van der Waals surface area (Å²) in [6, 6.07) is 9.55. The van der Waals surface area contributed by atoms with E-state index < -0.39 is 5.63 Å². The molecule has 1 aromatic carbocycles. The van der Waals surface area contributed by atoms with Gasteiger partial charge in [-0.05, 0) is 49.4 Å². The van der Waals surface area contributed by atoms with Crippen LogP contribution in [0.3, 0.4) is 0 Å². The molecule has 1 saturated carbocycles. The van der Waals surface area contributed by atoms with Gasteiger partial charge in [-0.3, -0.25) is 9.48 Å². The highest BCUT2D eigenvalue weighted by Gasteiger charge is 2.34. The van der Waals surface area contributed by atoms with Crippen molar-refractivity contribution >= 4 is 27.8 Å². The number of rotatable bonds is 5. The van der Waals surface area contributed by atoms with Crippen molar-refractivity contribution in [1.29, 1.82) is 0 Å². The Balaban J connectivity index is 1.54. The summed E-state index contributed by atoms with van der Waals surface area (Å²) in [6.07, 6.45) is 6.40. The number of aromatic nitrogens is 2. The predicted octanol–water partition coefficient (Wildman–Crippen LogP) is 4.90. The van der Waals surface area contributed by atoms with Crippen LogP contribution in [0.2, 0.25) is 0 Å². The average molecular weight is 448 g/mol. The monoisotopic (exact) mass is 447 g/mol. The SMILES string of the molecule is Cc1ccc2oc(=O)c3cnn(CC(=O)N(Cc4ccco4)C4CCCC(C)C4C)c3c2c1. The first-order valence-corrected chi connectivity index (χ1v) is 11.6. The normalized spacial score (nSPS) is 21.0. The van der Waals surface area contributed by atoms with Crippen molar-refractivity contribution in [2.24, 2.45) is 11.8 Å². The van der Waals surface area contributed by atoms with Crippen molar-refractivity contribution in [3.63, 3.8) is 0 Å². The summed E-state index contributed by atoms with van der Waals surface area (Å²) in [5.41, 5.74) is 1.74. The fraction of sp³-hybridized carbons (Fsp3) is 0.423. The first-order chi connectivity index (χ1) is 15.9. The minimum Gasteiger partial charge on any atom is -0.467 e. The van der Waals surface area contributed by atoms with E-state index in [-0.39, 0.29) is 18.5 Å². The standard InChI is InChI=1S/C26H29N3O4/c1-16-9-10-23-20(12-16)25-21(26(31)33-23)13-27-29(25)15-24(30)28(14-19-7-5-11-32-19)22-8-4-6-17(2)18(22)3/h5,7,9-13,17-18,22H,4,6,8,14-15H2,1-3H3. The maximum atomic E-state index is 13.7. The molecule has 0 N–H and O–H groups in total. The Labute approximate surface area is 192 Å². The average Bonchev–Trinajstić information content (AvgIpc) is 3.45. The van der Waals surface area contributed by atoms with Gasteiger partial charge in [0.25, 0.3) is 0 Å². The van der Waals surface area contributed by atoms with E-state index in [9.17, 15) is 9.59 Å². The van der Waals surface area contributed by atoms with Gasteiger partial charge < -0.3 is 13.7 Å². The zero-order valence-corrected chi connectivity index (χ0v) is 19.3. The summed E-state index contributed by atoms with van der Waals surface area (Å²) in [4.78, 5) is 28.2. The van der Waals surface area contributed by atoms with E-state index >= 15 is 0 Å². The number of carbonyl (C=O) groups excluding carboxylic acids is 1. The molecule has 33 heavy (non-hydrogen) atoms. The molecule has 1 amide bonds. The Bertz CT molecular complexity index is 1350. The molecule has 5 rings (SSSR count). The van der Waals surface area contributed by atoms with E-state index in [4.69, 9.17) is 8.83 Å². The van der Waals surface area contributed by atoms with Crippen molar-refractivity contribution in [2.75, 3.05) is 0 Å². The number of hydrogen-bond donors (Lipinski definition) is 0. The quantitative estimate of drug-likeness (QED) is 0.407. The van der Waals surface area contributed by atoms with E-state index in [0.29, 0.717) is 34.9 Å². The van der Waals surface area contributed by atoms with Crippen LogP contribution in [0.5, 0.6) is 0 Å². The van der Waals surface area contributed by atoms with E-state index in [1.807, 2.05) is 36.1 Å². The molecule has 7 nitrogen and oxygen atoms in total. The second kappa shape index (κ2) is 8.54. The van der Waals surface area contributed by atoms with Gasteiger partial charge in [-0.1, -0.05) is 38.3 Å². The third-order valence-electron chi connectivity index (χ3n) is 7.23. The van der Waals surface area contributed by atoms with E-state index in [1.54, 1.807) is 17.0 Å². The Morgan fingerprint density at radius 1 is 1.21 bits per heavy atom. The molecule has 0 spiro atoms. The third-order valence-corrected chi connectivity index (χ3v) is 7.23. The van der Waals surface area contributed by atoms with Crippen LogP contribution in [-0.2, 0) is 17.9 Å². The van der Waals surface area contributed by atoms with Crippen LogP contribution < -0.4 is 5.63 Å². The second-order valence-corrected chi connectivity index (χ2v) is 9.39. The van der Waals surface area contributed by atoms with Crippen LogP contribution in [0.1, 0.15) is 44.4 Å². The molecule has 7 heteroatoms.